The van der Waals surface area contributed by atoms with Crippen LogP contribution in [0.4, 0.5) is 11.4 Å². The molecule has 2 aromatic carbocycles. The van der Waals surface area contributed by atoms with Crippen molar-refractivity contribution in [2.24, 2.45) is 0 Å². The molecule has 3 rings (SSSR count). The van der Waals surface area contributed by atoms with Gasteiger partial charge in [-0.2, -0.15) is 0 Å². The van der Waals surface area contributed by atoms with E-state index >= 15 is 0 Å². The summed E-state index contributed by atoms with van der Waals surface area (Å²) < 4.78 is 9.96. The molecule has 0 saturated heterocycles. The summed E-state index contributed by atoms with van der Waals surface area (Å²) in [5.74, 6) is -1.13. The van der Waals surface area contributed by atoms with Crippen molar-refractivity contribution >= 4 is 35.2 Å². The lowest BCUT2D eigenvalue weighted by Crippen LogP contribution is -2.22. The maximum atomic E-state index is 12.6. The molecule has 0 aliphatic carbocycles. The topological polar surface area (TPSA) is 97.6 Å². The number of benzene rings is 2. The zero-order chi connectivity index (χ0) is 21.3. The minimum atomic E-state index is -0.688. The predicted octanol–water partition coefficient (Wildman–Crippen LogP) is 4.04. The number of carbonyl (C=O) groups is 3. The third kappa shape index (κ3) is 5.93. The van der Waals surface area contributed by atoms with Crippen LogP contribution in [-0.2, 0) is 14.3 Å². The van der Waals surface area contributed by atoms with Gasteiger partial charge in [-0.1, -0.05) is 24.3 Å². The molecular weight excluding hydrogens is 384 g/mol. The van der Waals surface area contributed by atoms with Gasteiger partial charge in [0.1, 0.15) is 5.76 Å². The lowest BCUT2D eigenvalue weighted by Gasteiger charge is -2.12. The van der Waals surface area contributed by atoms with Gasteiger partial charge in [-0.3, -0.25) is 9.59 Å². The molecule has 0 spiro atoms. The molecular formula is C23H20N2O5. The average Bonchev–Trinajstić information content (AvgIpc) is 3.25. The van der Waals surface area contributed by atoms with Gasteiger partial charge in [-0.25, -0.2) is 4.79 Å². The number of hydrogen-bond acceptors (Lipinski definition) is 5. The van der Waals surface area contributed by atoms with Crippen molar-refractivity contribution in [1.82, 2.24) is 0 Å². The van der Waals surface area contributed by atoms with Gasteiger partial charge in [-0.15, -0.1) is 0 Å². The van der Waals surface area contributed by atoms with Crippen LogP contribution in [0.5, 0.6) is 0 Å². The van der Waals surface area contributed by atoms with Gasteiger partial charge in [0.2, 0.25) is 0 Å². The van der Waals surface area contributed by atoms with Gasteiger partial charge in [0.25, 0.3) is 11.8 Å². The second-order valence-corrected chi connectivity index (χ2v) is 6.37. The van der Waals surface area contributed by atoms with Crippen LogP contribution in [0, 0.1) is 6.92 Å². The van der Waals surface area contributed by atoms with Gasteiger partial charge in [0.15, 0.2) is 6.61 Å². The minimum absolute atomic E-state index is 0.288. The zero-order valence-corrected chi connectivity index (χ0v) is 16.3. The molecule has 3 aromatic rings. The van der Waals surface area contributed by atoms with E-state index in [9.17, 15) is 14.4 Å². The van der Waals surface area contributed by atoms with Crippen molar-refractivity contribution in [2.45, 2.75) is 6.92 Å². The molecule has 0 aliphatic rings. The number of amides is 2. The molecule has 0 aliphatic heterocycles. The lowest BCUT2D eigenvalue weighted by molar-refractivity contribution is -0.142. The second kappa shape index (κ2) is 9.88. The first-order chi connectivity index (χ1) is 14.5. The minimum Gasteiger partial charge on any atom is -0.465 e. The van der Waals surface area contributed by atoms with Crippen LogP contribution >= 0.6 is 0 Å². The van der Waals surface area contributed by atoms with Crippen LogP contribution in [0.3, 0.4) is 0 Å². The first-order valence-corrected chi connectivity index (χ1v) is 9.16. The lowest BCUT2D eigenvalue weighted by atomic mass is 10.1. The first-order valence-electron chi connectivity index (χ1n) is 9.16. The van der Waals surface area contributed by atoms with E-state index in [1.54, 1.807) is 42.5 Å². The van der Waals surface area contributed by atoms with Crippen molar-refractivity contribution in [1.29, 1.82) is 0 Å². The highest BCUT2D eigenvalue weighted by atomic mass is 16.5. The smallest absolute Gasteiger partial charge is 0.331 e. The van der Waals surface area contributed by atoms with Crippen LogP contribution in [-0.4, -0.2) is 24.4 Å². The molecule has 0 bridgehead atoms. The van der Waals surface area contributed by atoms with Gasteiger partial charge < -0.3 is 19.8 Å². The van der Waals surface area contributed by atoms with E-state index in [0.717, 1.165) is 11.6 Å². The number of hydrogen-bond donors (Lipinski definition) is 2. The van der Waals surface area contributed by atoms with Crippen molar-refractivity contribution in [3.8, 4) is 0 Å². The van der Waals surface area contributed by atoms with Gasteiger partial charge in [0, 0.05) is 11.8 Å². The number of aryl methyl sites for hydroxylation is 1. The molecule has 152 valence electrons. The fraction of sp³-hybridized carbons (Fsp3) is 0.0870. The molecule has 0 saturated carbocycles. The second-order valence-electron chi connectivity index (χ2n) is 6.37. The normalized spacial score (nSPS) is 10.6. The van der Waals surface area contributed by atoms with Crippen molar-refractivity contribution < 1.29 is 23.5 Å². The summed E-state index contributed by atoms with van der Waals surface area (Å²) in [6.07, 6.45) is 4.07. The number of furan rings is 1. The highest BCUT2D eigenvalue weighted by Crippen LogP contribution is 2.18. The van der Waals surface area contributed by atoms with Crippen LogP contribution in [0.1, 0.15) is 21.7 Å². The molecule has 2 N–H and O–H groups in total. The van der Waals surface area contributed by atoms with Gasteiger partial charge in [0.05, 0.1) is 17.5 Å². The van der Waals surface area contributed by atoms with Crippen LogP contribution in [0.2, 0.25) is 0 Å². The Bertz CT molecular complexity index is 1070. The summed E-state index contributed by atoms with van der Waals surface area (Å²) >= 11 is 0. The third-order valence-corrected chi connectivity index (χ3v) is 3.99. The molecule has 7 heteroatoms. The van der Waals surface area contributed by atoms with Crippen molar-refractivity contribution in [3.63, 3.8) is 0 Å². The molecule has 0 unspecified atom stereocenters. The summed E-state index contributed by atoms with van der Waals surface area (Å²) in [6.45, 7) is 1.43. The Hall–Kier alpha value is -4.13. The van der Waals surface area contributed by atoms with Crippen LogP contribution < -0.4 is 10.6 Å². The Morgan fingerprint density at radius 1 is 1.00 bits per heavy atom. The standard InChI is InChI=1S/C23H20N2O5/c1-16-6-4-7-17(14-16)24-23(28)19-9-2-3-10-20(19)25-21(26)15-30-22(27)12-11-18-8-5-13-29-18/h2-14H,15H2,1H3,(H,24,28)(H,25,26)/b12-11+. The highest BCUT2D eigenvalue weighted by Gasteiger charge is 2.14. The number of rotatable bonds is 7. The zero-order valence-electron chi connectivity index (χ0n) is 16.3. The van der Waals surface area contributed by atoms with E-state index in [0.29, 0.717) is 17.1 Å². The Morgan fingerprint density at radius 2 is 1.83 bits per heavy atom. The largest absolute Gasteiger partial charge is 0.465 e. The molecule has 0 radical (unpaired) electrons. The molecule has 0 atom stereocenters. The summed E-state index contributed by atoms with van der Waals surface area (Å²) in [6, 6.07) is 17.3. The molecule has 1 heterocycles. The SMILES string of the molecule is Cc1cccc(NC(=O)c2ccccc2NC(=O)COC(=O)/C=C/c2ccco2)c1. The molecule has 7 nitrogen and oxygen atoms in total. The Balaban J connectivity index is 1.57. The number of carbonyl (C=O) groups excluding carboxylic acids is 3. The van der Waals surface area contributed by atoms with Crippen molar-refractivity contribution in [3.05, 3.63) is 89.9 Å². The predicted molar refractivity (Wildman–Crippen MR) is 113 cm³/mol. The van der Waals surface area contributed by atoms with E-state index < -0.39 is 18.5 Å². The summed E-state index contributed by atoms with van der Waals surface area (Å²) in [5.41, 5.74) is 2.27. The number of para-hydroxylation sites is 1. The molecule has 0 fully saturated rings. The van der Waals surface area contributed by atoms with E-state index in [-0.39, 0.29) is 11.5 Å². The first kappa shape index (κ1) is 20.6. The summed E-state index contributed by atoms with van der Waals surface area (Å²) in [5, 5.41) is 5.39. The maximum absolute atomic E-state index is 12.6. The monoisotopic (exact) mass is 404 g/mol. The maximum Gasteiger partial charge on any atom is 0.331 e. The molecule has 30 heavy (non-hydrogen) atoms. The summed E-state index contributed by atoms with van der Waals surface area (Å²) in [7, 11) is 0. The molecule has 1 aromatic heterocycles. The Kier molecular flexibility index (Phi) is 6.78. The average molecular weight is 404 g/mol. The summed E-state index contributed by atoms with van der Waals surface area (Å²) in [4.78, 5) is 36.5. The van der Waals surface area contributed by atoms with Gasteiger partial charge >= 0.3 is 5.97 Å². The van der Waals surface area contributed by atoms with E-state index in [1.165, 1.54) is 12.3 Å². The highest BCUT2D eigenvalue weighted by molar-refractivity contribution is 6.10. The number of nitrogens with one attached hydrogen (secondary N) is 2. The number of anilines is 2. The fourth-order valence-electron chi connectivity index (χ4n) is 2.62. The fourth-order valence-corrected chi connectivity index (χ4v) is 2.62. The van der Waals surface area contributed by atoms with E-state index in [4.69, 9.17) is 9.15 Å². The third-order valence-electron chi connectivity index (χ3n) is 3.99. The number of ether oxygens (including phenoxy) is 1. The van der Waals surface area contributed by atoms with Gasteiger partial charge in [-0.05, 0) is 55.0 Å². The van der Waals surface area contributed by atoms with E-state index in [1.807, 2.05) is 25.1 Å². The van der Waals surface area contributed by atoms with Crippen LogP contribution in [0.15, 0.2) is 77.4 Å². The Labute approximate surface area is 173 Å². The molecule has 2 amide bonds. The quantitative estimate of drug-likeness (QED) is 0.458. The van der Waals surface area contributed by atoms with Crippen LogP contribution in [0.25, 0.3) is 6.08 Å². The Morgan fingerprint density at radius 3 is 2.60 bits per heavy atom. The number of esters is 1. The van der Waals surface area contributed by atoms with E-state index in [2.05, 4.69) is 10.6 Å². The van der Waals surface area contributed by atoms with Crippen molar-refractivity contribution in [2.75, 3.05) is 17.2 Å².